The fourth-order valence-electron chi connectivity index (χ4n) is 4.73. The van der Waals surface area contributed by atoms with Crippen molar-refractivity contribution < 1.29 is 13.9 Å². The van der Waals surface area contributed by atoms with Gasteiger partial charge < -0.3 is 14.0 Å². The monoisotopic (exact) mass is 656 g/mol. The maximum atomic E-state index is 13.9. The third-order valence-corrected chi connectivity index (χ3v) is 8.01. The number of fused-ring (bicyclic) bond motifs is 1. The van der Waals surface area contributed by atoms with Crippen molar-refractivity contribution in [2.24, 2.45) is 0 Å². The van der Waals surface area contributed by atoms with Gasteiger partial charge in [-0.2, -0.15) is 0 Å². The van der Waals surface area contributed by atoms with Crippen LogP contribution in [0.3, 0.4) is 0 Å². The quantitative estimate of drug-likeness (QED) is 0.100. The van der Waals surface area contributed by atoms with Crippen molar-refractivity contribution in [2.75, 3.05) is 26.2 Å². The molecule has 0 radical (unpaired) electrons. The van der Waals surface area contributed by atoms with Crippen LogP contribution in [0.15, 0.2) is 75.8 Å². The molecule has 0 atom stereocenters. The molecule has 0 fully saturated rings. The van der Waals surface area contributed by atoms with Crippen LogP contribution in [0.5, 0.6) is 5.75 Å². The first kappa shape index (κ1) is 29.5. The summed E-state index contributed by atoms with van der Waals surface area (Å²) in [6.07, 6.45) is 7.66. The number of pyridine rings is 1. The fourth-order valence-corrected chi connectivity index (χ4v) is 6.15. The molecule has 0 aliphatic heterocycles. The van der Waals surface area contributed by atoms with Crippen LogP contribution in [0, 0.1) is 5.82 Å². The number of halogens is 3. The first-order valence-corrected chi connectivity index (χ1v) is 15.3. The van der Waals surface area contributed by atoms with Gasteiger partial charge in [0.2, 0.25) is 5.78 Å². The molecule has 39 heavy (non-hydrogen) atoms. The third kappa shape index (κ3) is 7.38. The maximum Gasteiger partial charge on any atom is 0.210 e. The van der Waals surface area contributed by atoms with E-state index >= 15 is 0 Å². The number of aromatic nitrogens is 1. The van der Waals surface area contributed by atoms with Gasteiger partial charge in [0, 0.05) is 29.4 Å². The second-order valence-electron chi connectivity index (χ2n) is 9.76. The van der Waals surface area contributed by atoms with E-state index in [2.05, 4.69) is 50.6 Å². The van der Waals surface area contributed by atoms with Gasteiger partial charge in [-0.15, -0.1) is 0 Å². The summed E-state index contributed by atoms with van der Waals surface area (Å²) in [5.41, 5.74) is 3.50. The third-order valence-electron chi connectivity index (χ3n) is 6.83. The molecule has 2 heterocycles. The van der Waals surface area contributed by atoms with Gasteiger partial charge >= 0.3 is 0 Å². The summed E-state index contributed by atoms with van der Waals surface area (Å²) in [5.74, 6) is 0.253. The molecular formula is C32H35Br2FN2O2. The Hall–Kier alpha value is -2.48. The second-order valence-corrected chi connectivity index (χ2v) is 11.5. The van der Waals surface area contributed by atoms with E-state index in [1.54, 1.807) is 12.1 Å². The molecule has 0 saturated heterocycles. The van der Waals surface area contributed by atoms with E-state index in [0.717, 1.165) is 51.6 Å². The number of carbonyl (C=O) groups is 1. The topological polar surface area (TPSA) is 34.0 Å². The number of rotatable bonds is 14. The molecule has 206 valence electrons. The van der Waals surface area contributed by atoms with Crippen LogP contribution < -0.4 is 4.74 Å². The van der Waals surface area contributed by atoms with Crippen LogP contribution >= 0.6 is 31.9 Å². The summed E-state index contributed by atoms with van der Waals surface area (Å²) >= 11 is 7.27. The van der Waals surface area contributed by atoms with Crippen molar-refractivity contribution in [1.82, 2.24) is 9.30 Å². The Kier molecular flexibility index (Phi) is 10.8. The Morgan fingerprint density at radius 2 is 1.54 bits per heavy atom. The summed E-state index contributed by atoms with van der Waals surface area (Å²) in [7, 11) is 0. The highest BCUT2D eigenvalue weighted by Gasteiger charge is 2.22. The van der Waals surface area contributed by atoms with Crippen molar-refractivity contribution in [3.8, 4) is 16.9 Å². The van der Waals surface area contributed by atoms with E-state index in [4.69, 9.17) is 4.74 Å². The van der Waals surface area contributed by atoms with E-state index in [9.17, 15) is 9.18 Å². The first-order chi connectivity index (χ1) is 18.9. The molecule has 0 aliphatic rings. The summed E-state index contributed by atoms with van der Waals surface area (Å²) in [4.78, 5) is 16.5. The van der Waals surface area contributed by atoms with Gasteiger partial charge in [0.05, 0.1) is 15.6 Å². The van der Waals surface area contributed by atoms with E-state index in [1.165, 1.54) is 37.8 Å². The molecule has 2 aromatic heterocycles. The maximum absolute atomic E-state index is 13.9. The molecule has 4 rings (SSSR count). The van der Waals surface area contributed by atoms with Gasteiger partial charge in [-0.25, -0.2) is 4.39 Å². The smallest absolute Gasteiger partial charge is 0.210 e. The highest BCUT2D eigenvalue weighted by atomic mass is 79.9. The summed E-state index contributed by atoms with van der Waals surface area (Å²) in [6.45, 7) is 8.33. The van der Waals surface area contributed by atoms with Crippen LogP contribution in [0.4, 0.5) is 4.39 Å². The number of unbranched alkanes of at least 4 members (excludes halogenated alkanes) is 2. The normalized spacial score (nSPS) is 11.4. The Labute approximate surface area is 247 Å². The highest BCUT2D eigenvalue weighted by Crippen LogP contribution is 2.37. The van der Waals surface area contributed by atoms with Crippen LogP contribution in [0.2, 0.25) is 0 Å². The largest absolute Gasteiger partial charge is 0.491 e. The van der Waals surface area contributed by atoms with E-state index < -0.39 is 0 Å². The van der Waals surface area contributed by atoms with Gasteiger partial charge in [-0.05, 0) is 112 Å². The molecule has 7 heteroatoms. The number of ether oxygens (including phenoxy) is 1. The number of benzene rings is 2. The van der Waals surface area contributed by atoms with Gasteiger partial charge in [0.25, 0.3) is 0 Å². The predicted octanol–water partition coefficient (Wildman–Crippen LogP) is 9.17. The standard InChI is InChI=1S/C32H35Br2FN2O2/c1-3-5-15-36(16-6-4-2)17-9-19-39-32-28(33)20-24(21-29(32)34)31(38)30-27(23-11-13-25(35)14-12-23)22-26-10-7-8-18-37(26)30/h7-8,10-14,18,20-22H,3-6,9,15-17,19H2,1-2H3. The summed E-state index contributed by atoms with van der Waals surface area (Å²) < 4.78 is 23.1. The summed E-state index contributed by atoms with van der Waals surface area (Å²) in [6, 6.07) is 17.6. The molecule has 0 saturated carbocycles. The molecule has 4 nitrogen and oxygen atoms in total. The average molecular weight is 658 g/mol. The van der Waals surface area contributed by atoms with E-state index in [-0.39, 0.29) is 11.6 Å². The Bertz CT molecular complexity index is 1370. The zero-order chi connectivity index (χ0) is 27.8. The van der Waals surface area contributed by atoms with Crippen molar-refractivity contribution in [3.05, 3.63) is 92.9 Å². The average Bonchev–Trinajstić information content (AvgIpc) is 3.32. The molecular weight excluding hydrogens is 623 g/mol. The fraction of sp³-hybridized carbons (Fsp3) is 0.344. The molecule has 2 aromatic carbocycles. The van der Waals surface area contributed by atoms with Gasteiger partial charge in [-0.3, -0.25) is 4.79 Å². The van der Waals surface area contributed by atoms with Crippen LogP contribution in [0.1, 0.15) is 62.0 Å². The van der Waals surface area contributed by atoms with Crippen molar-refractivity contribution >= 4 is 43.2 Å². The molecule has 0 N–H and O–H groups in total. The number of hydrogen-bond acceptors (Lipinski definition) is 3. The lowest BCUT2D eigenvalue weighted by molar-refractivity contribution is 0.103. The zero-order valence-corrected chi connectivity index (χ0v) is 25.7. The SMILES string of the molecule is CCCCN(CCCC)CCCOc1c(Br)cc(C(=O)c2c(-c3ccc(F)cc3)cc3ccccn23)cc1Br. The predicted molar refractivity (Wildman–Crippen MR) is 164 cm³/mol. The van der Waals surface area contributed by atoms with Crippen LogP contribution in [-0.4, -0.2) is 41.3 Å². The van der Waals surface area contributed by atoms with E-state index in [0.29, 0.717) is 23.6 Å². The highest BCUT2D eigenvalue weighted by molar-refractivity contribution is 9.11. The minimum Gasteiger partial charge on any atom is -0.491 e. The van der Waals surface area contributed by atoms with Gasteiger partial charge in [0.1, 0.15) is 17.3 Å². The minimum absolute atomic E-state index is 0.129. The second kappa shape index (κ2) is 14.2. The number of ketones is 1. The molecule has 4 aromatic rings. The molecule has 0 aliphatic carbocycles. The van der Waals surface area contributed by atoms with Crippen molar-refractivity contribution in [2.45, 2.75) is 46.0 Å². The Morgan fingerprint density at radius 3 is 2.18 bits per heavy atom. The van der Waals surface area contributed by atoms with Crippen LogP contribution in [0.25, 0.3) is 16.6 Å². The van der Waals surface area contributed by atoms with Gasteiger partial charge in [0.15, 0.2) is 0 Å². The van der Waals surface area contributed by atoms with Crippen molar-refractivity contribution in [3.63, 3.8) is 0 Å². The lowest BCUT2D eigenvalue weighted by Crippen LogP contribution is -2.28. The molecule has 0 unspecified atom stereocenters. The lowest BCUT2D eigenvalue weighted by atomic mass is 10.00. The number of nitrogens with zero attached hydrogens (tertiary/aromatic N) is 2. The Morgan fingerprint density at radius 1 is 0.897 bits per heavy atom. The molecule has 0 amide bonds. The van der Waals surface area contributed by atoms with E-state index in [1.807, 2.05) is 47.0 Å². The number of carbonyl (C=O) groups excluding carboxylic acids is 1. The zero-order valence-electron chi connectivity index (χ0n) is 22.6. The Balaban J connectivity index is 1.53. The molecule has 0 bridgehead atoms. The van der Waals surface area contributed by atoms with Crippen LogP contribution in [-0.2, 0) is 0 Å². The van der Waals surface area contributed by atoms with Gasteiger partial charge in [-0.1, -0.05) is 44.9 Å². The minimum atomic E-state index is -0.312. The number of hydrogen-bond donors (Lipinski definition) is 0. The molecule has 0 spiro atoms. The lowest BCUT2D eigenvalue weighted by Gasteiger charge is -2.22. The van der Waals surface area contributed by atoms with Crippen molar-refractivity contribution in [1.29, 1.82) is 0 Å². The first-order valence-electron chi connectivity index (χ1n) is 13.7. The summed E-state index contributed by atoms with van der Waals surface area (Å²) in [5, 5.41) is 0.